The number of nitrogens with zero attached hydrogens (tertiary/aromatic N) is 4. The highest BCUT2D eigenvalue weighted by atomic mass is 16.6. The summed E-state index contributed by atoms with van der Waals surface area (Å²) in [5, 5.41) is 13.9. The molecule has 4 aromatic rings. The van der Waals surface area contributed by atoms with Crippen LogP contribution in [0.5, 0.6) is 0 Å². The number of nitrogens with one attached hydrogen (secondary N) is 1. The molecule has 2 aromatic carbocycles. The third kappa shape index (κ3) is 2.88. The zero-order valence-corrected chi connectivity index (χ0v) is 15.4. The molecule has 0 aliphatic carbocycles. The van der Waals surface area contributed by atoms with Gasteiger partial charge in [-0.15, -0.1) is 0 Å². The molecule has 0 radical (unpaired) electrons. The van der Waals surface area contributed by atoms with Crippen LogP contribution in [-0.2, 0) is 25.4 Å². The molecule has 0 saturated carbocycles. The van der Waals surface area contributed by atoms with Crippen molar-refractivity contribution in [2.24, 2.45) is 14.1 Å². The summed E-state index contributed by atoms with van der Waals surface area (Å²) in [5.41, 5.74) is 0.754. The maximum absolute atomic E-state index is 12.5. The Morgan fingerprint density at radius 1 is 1.10 bits per heavy atom. The number of benzene rings is 2. The lowest BCUT2D eigenvalue weighted by Gasteiger charge is -2.08. The molecule has 2 heterocycles. The number of carbonyl (C=O) groups is 1. The molecule has 0 aliphatic rings. The molecule has 0 bridgehead atoms. The molecule has 11 nitrogen and oxygen atoms in total. The zero-order valence-electron chi connectivity index (χ0n) is 15.4. The van der Waals surface area contributed by atoms with Crippen LogP contribution in [0.3, 0.4) is 0 Å². The van der Waals surface area contributed by atoms with E-state index >= 15 is 0 Å². The largest absolute Gasteiger partial charge is 0.420 e. The van der Waals surface area contributed by atoms with E-state index in [1.807, 2.05) is 0 Å². The lowest BCUT2D eigenvalue weighted by Crippen LogP contribution is -2.25. The van der Waals surface area contributed by atoms with Gasteiger partial charge in [-0.25, -0.2) is 9.59 Å². The summed E-state index contributed by atoms with van der Waals surface area (Å²) in [7, 11) is 3.03. The maximum atomic E-state index is 12.5. The van der Waals surface area contributed by atoms with Crippen LogP contribution in [0.2, 0.25) is 0 Å². The van der Waals surface area contributed by atoms with Crippen LogP contribution in [0, 0.1) is 10.1 Å². The summed E-state index contributed by atoms with van der Waals surface area (Å²) in [6.45, 7) is -0.390. The first-order valence-corrected chi connectivity index (χ1v) is 8.50. The molecule has 1 N–H and O–H groups in total. The van der Waals surface area contributed by atoms with Gasteiger partial charge in [0.05, 0.1) is 21.5 Å². The molecule has 0 atom stereocenters. The van der Waals surface area contributed by atoms with Crippen molar-refractivity contribution in [2.75, 3.05) is 5.32 Å². The molecule has 29 heavy (non-hydrogen) atoms. The van der Waals surface area contributed by atoms with Gasteiger partial charge in [-0.3, -0.25) is 28.6 Å². The summed E-state index contributed by atoms with van der Waals surface area (Å²) in [4.78, 5) is 47.5. The third-order valence-electron chi connectivity index (χ3n) is 4.74. The highest BCUT2D eigenvalue weighted by Crippen LogP contribution is 2.29. The number of aromatic nitrogens is 3. The molecule has 1 amide bonds. The molecular weight excluding hydrogens is 382 g/mol. The number of oxazole rings is 1. The summed E-state index contributed by atoms with van der Waals surface area (Å²) in [6.07, 6.45) is 0. The van der Waals surface area contributed by atoms with Crippen molar-refractivity contribution in [3.8, 4) is 0 Å². The molecule has 0 fully saturated rings. The summed E-state index contributed by atoms with van der Waals surface area (Å²) in [6, 6.07) is 9.20. The van der Waals surface area contributed by atoms with Gasteiger partial charge < -0.3 is 9.73 Å². The standard InChI is InChI=1S/C18H15N5O6/c1-20-13-7-10(12(23(27)28)8-14(13)21(2)17(20)25)19-16(24)9-22-11-5-3-4-6-15(11)29-18(22)26/h3-8H,9H2,1-2H3,(H,19,24). The van der Waals surface area contributed by atoms with Gasteiger partial charge in [-0.05, 0) is 18.2 Å². The number of nitro benzene ring substituents is 1. The molecule has 11 heteroatoms. The smallest absolute Gasteiger partial charge is 0.408 e. The maximum Gasteiger partial charge on any atom is 0.420 e. The van der Waals surface area contributed by atoms with Crippen LogP contribution in [0.1, 0.15) is 0 Å². The average molecular weight is 397 g/mol. The fourth-order valence-corrected chi connectivity index (χ4v) is 3.28. The van der Waals surface area contributed by atoms with Gasteiger partial charge in [-0.2, -0.15) is 0 Å². The topological polar surface area (TPSA) is 134 Å². The van der Waals surface area contributed by atoms with E-state index in [-0.39, 0.29) is 17.1 Å². The van der Waals surface area contributed by atoms with E-state index in [0.717, 1.165) is 4.57 Å². The lowest BCUT2D eigenvalue weighted by molar-refractivity contribution is -0.383. The number of amides is 1. The van der Waals surface area contributed by atoms with Crippen LogP contribution in [0.4, 0.5) is 11.4 Å². The first-order valence-electron chi connectivity index (χ1n) is 8.50. The van der Waals surface area contributed by atoms with E-state index in [9.17, 15) is 24.5 Å². The number of hydrogen-bond acceptors (Lipinski definition) is 6. The third-order valence-corrected chi connectivity index (χ3v) is 4.74. The van der Waals surface area contributed by atoms with Gasteiger partial charge >= 0.3 is 11.4 Å². The highest BCUT2D eigenvalue weighted by Gasteiger charge is 2.22. The molecule has 4 rings (SSSR count). The summed E-state index contributed by atoms with van der Waals surface area (Å²) < 4.78 is 8.82. The molecular formula is C18H15N5O6. The van der Waals surface area contributed by atoms with Crippen LogP contribution in [-0.4, -0.2) is 24.5 Å². The number of anilines is 1. The molecule has 0 spiro atoms. The van der Waals surface area contributed by atoms with Crippen molar-refractivity contribution in [1.82, 2.24) is 13.7 Å². The molecule has 0 saturated heterocycles. The number of rotatable bonds is 4. The summed E-state index contributed by atoms with van der Waals surface area (Å²) in [5.74, 6) is -1.36. The first-order chi connectivity index (χ1) is 13.8. The van der Waals surface area contributed by atoms with Crippen molar-refractivity contribution < 1.29 is 14.1 Å². The average Bonchev–Trinajstić information content (AvgIpc) is 3.10. The summed E-state index contributed by atoms with van der Waals surface area (Å²) >= 11 is 0. The number of nitro groups is 1. The number of fused-ring (bicyclic) bond motifs is 2. The van der Waals surface area contributed by atoms with Gasteiger partial charge in [0, 0.05) is 20.2 Å². The highest BCUT2D eigenvalue weighted by molar-refractivity contribution is 5.97. The minimum Gasteiger partial charge on any atom is -0.408 e. The van der Waals surface area contributed by atoms with Crippen molar-refractivity contribution in [3.63, 3.8) is 0 Å². The predicted molar refractivity (Wildman–Crippen MR) is 104 cm³/mol. The Labute approximate surface area is 161 Å². The lowest BCUT2D eigenvalue weighted by atomic mass is 10.2. The molecule has 2 aromatic heterocycles. The van der Waals surface area contributed by atoms with Crippen molar-refractivity contribution in [1.29, 1.82) is 0 Å². The van der Waals surface area contributed by atoms with E-state index in [0.29, 0.717) is 22.1 Å². The molecule has 0 unspecified atom stereocenters. The van der Waals surface area contributed by atoms with Crippen LogP contribution in [0.25, 0.3) is 22.1 Å². The Hall–Kier alpha value is -4.15. The fraction of sp³-hybridized carbons (Fsp3) is 0.167. The Kier molecular flexibility index (Phi) is 4.07. The van der Waals surface area contributed by atoms with Gasteiger partial charge in [0.1, 0.15) is 12.2 Å². The van der Waals surface area contributed by atoms with Crippen molar-refractivity contribution in [2.45, 2.75) is 6.54 Å². The number of carbonyl (C=O) groups excluding carboxylic acids is 1. The quantitative estimate of drug-likeness (QED) is 0.408. The van der Waals surface area contributed by atoms with Crippen LogP contribution >= 0.6 is 0 Å². The zero-order chi connectivity index (χ0) is 20.9. The number of para-hydroxylation sites is 2. The van der Waals surface area contributed by atoms with Crippen molar-refractivity contribution in [3.05, 3.63) is 67.5 Å². The van der Waals surface area contributed by atoms with E-state index in [2.05, 4.69) is 5.32 Å². The minimum absolute atomic E-state index is 0.0745. The molecule has 148 valence electrons. The number of hydrogen-bond donors (Lipinski definition) is 1. The van der Waals surface area contributed by atoms with Gasteiger partial charge in [0.2, 0.25) is 5.91 Å². The van der Waals surface area contributed by atoms with Crippen LogP contribution < -0.4 is 16.8 Å². The Balaban J connectivity index is 1.74. The van der Waals surface area contributed by atoms with Gasteiger partial charge in [-0.1, -0.05) is 12.1 Å². The van der Waals surface area contributed by atoms with Crippen LogP contribution in [0.15, 0.2) is 50.4 Å². The normalized spacial score (nSPS) is 11.2. The van der Waals surface area contributed by atoms with Crippen molar-refractivity contribution >= 4 is 39.4 Å². The second-order valence-electron chi connectivity index (χ2n) is 6.49. The van der Waals surface area contributed by atoms with E-state index < -0.39 is 23.1 Å². The fourth-order valence-electron chi connectivity index (χ4n) is 3.28. The number of imidazole rings is 1. The van der Waals surface area contributed by atoms with Gasteiger partial charge in [0.25, 0.3) is 5.69 Å². The predicted octanol–water partition coefficient (Wildman–Crippen LogP) is 1.33. The van der Waals surface area contributed by atoms with E-state index in [4.69, 9.17) is 4.42 Å². The second-order valence-corrected chi connectivity index (χ2v) is 6.49. The monoisotopic (exact) mass is 397 g/mol. The Morgan fingerprint density at radius 2 is 1.76 bits per heavy atom. The van der Waals surface area contributed by atoms with E-state index in [1.54, 1.807) is 24.3 Å². The first kappa shape index (κ1) is 18.2. The van der Waals surface area contributed by atoms with E-state index in [1.165, 1.54) is 35.4 Å². The SMILES string of the molecule is Cn1c(=O)n(C)c2cc([N+](=O)[O-])c(NC(=O)Cn3c(=O)oc4ccccc43)cc21. The van der Waals surface area contributed by atoms with Gasteiger partial charge in [0.15, 0.2) is 5.58 Å². The minimum atomic E-state index is -0.711. The Bertz CT molecular complexity index is 1420. The molecule has 0 aliphatic heterocycles. The second kappa shape index (κ2) is 6.48. The number of aryl methyl sites for hydroxylation is 2. The Morgan fingerprint density at radius 3 is 2.45 bits per heavy atom.